The Kier molecular flexibility index (Phi) is 4.58. The number of fused-ring (bicyclic) bond motifs is 1. The number of benzene rings is 2. The monoisotopic (exact) mass is 335 g/mol. The number of hydrogen-bond donors (Lipinski definition) is 0. The van der Waals surface area contributed by atoms with Gasteiger partial charge in [0.05, 0.1) is 12.6 Å². The maximum atomic E-state index is 12.7. The van der Waals surface area contributed by atoms with Crippen LogP contribution in [0.3, 0.4) is 0 Å². The molecule has 0 saturated carbocycles. The van der Waals surface area contributed by atoms with Crippen LogP contribution in [0.4, 0.5) is 0 Å². The molecule has 4 rings (SSSR count). The molecule has 2 aliphatic rings. The molecule has 2 aromatic rings. The summed E-state index contributed by atoms with van der Waals surface area (Å²) in [5, 5.41) is 0. The van der Waals surface area contributed by atoms with Gasteiger partial charge in [-0.3, -0.25) is 4.79 Å². The van der Waals surface area contributed by atoms with Crippen molar-refractivity contribution in [3.05, 3.63) is 71.8 Å². The van der Waals surface area contributed by atoms with E-state index < -0.39 is 5.72 Å². The van der Waals surface area contributed by atoms with Crippen molar-refractivity contribution in [1.82, 2.24) is 4.90 Å². The van der Waals surface area contributed by atoms with E-state index in [9.17, 15) is 4.79 Å². The lowest BCUT2D eigenvalue weighted by atomic mass is 9.90. The molecule has 3 nitrogen and oxygen atoms in total. The van der Waals surface area contributed by atoms with Gasteiger partial charge in [0.15, 0.2) is 0 Å². The number of rotatable bonds is 5. The number of nitrogens with zero attached hydrogens (tertiary/aromatic N) is 1. The molecule has 1 unspecified atom stereocenters. The van der Waals surface area contributed by atoms with E-state index in [1.54, 1.807) is 0 Å². The molecule has 0 radical (unpaired) electrons. The zero-order valence-electron chi connectivity index (χ0n) is 14.6. The van der Waals surface area contributed by atoms with Gasteiger partial charge in [-0.1, -0.05) is 60.7 Å². The standard InChI is InChI=1S/C22H25NO2/c24-21-14-8-16-22(15-7-11-18-9-3-1-4-10-18)23(21)20(17-25-22)19-12-5-2-6-13-19/h1-6,9-10,12-13,20H,7-8,11,14-17H2/t20-,22?/m0/s1. The lowest BCUT2D eigenvalue weighted by Gasteiger charge is -2.43. The van der Waals surface area contributed by atoms with Crippen LogP contribution >= 0.6 is 0 Å². The largest absolute Gasteiger partial charge is 0.353 e. The summed E-state index contributed by atoms with van der Waals surface area (Å²) < 4.78 is 6.33. The number of carbonyl (C=O) groups excluding carboxylic acids is 1. The SMILES string of the molecule is O=C1CCCC2(CCCc3ccccc3)OC[C@@H](c3ccccc3)N12. The molecule has 0 aliphatic carbocycles. The van der Waals surface area contributed by atoms with E-state index in [2.05, 4.69) is 41.3 Å². The Hall–Kier alpha value is -2.13. The first-order valence-electron chi connectivity index (χ1n) is 9.33. The highest BCUT2D eigenvalue weighted by atomic mass is 16.5. The first kappa shape index (κ1) is 16.3. The molecule has 1 amide bonds. The quantitative estimate of drug-likeness (QED) is 0.806. The third-order valence-corrected chi connectivity index (χ3v) is 5.55. The normalized spacial score (nSPS) is 25.8. The highest BCUT2D eigenvalue weighted by molar-refractivity contribution is 5.78. The summed E-state index contributed by atoms with van der Waals surface area (Å²) in [6, 6.07) is 20.9. The van der Waals surface area contributed by atoms with E-state index in [0.29, 0.717) is 13.0 Å². The molecule has 0 aromatic heterocycles. The van der Waals surface area contributed by atoms with Gasteiger partial charge in [-0.05, 0) is 43.2 Å². The molecule has 0 bridgehead atoms. The van der Waals surface area contributed by atoms with E-state index in [1.165, 1.54) is 11.1 Å². The summed E-state index contributed by atoms with van der Waals surface area (Å²) in [7, 11) is 0. The Labute approximate surface area is 149 Å². The maximum Gasteiger partial charge on any atom is 0.225 e. The summed E-state index contributed by atoms with van der Waals surface area (Å²) in [5.41, 5.74) is 2.14. The second kappa shape index (κ2) is 7.01. The average Bonchev–Trinajstić information content (AvgIpc) is 3.04. The summed E-state index contributed by atoms with van der Waals surface area (Å²) in [6.07, 6.45) is 5.52. The van der Waals surface area contributed by atoms with E-state index in [-0.39, 0.29) is 11.9 Å². The maximum absolute atomic E-state index is 12.7. The van der Waals surface area contributed by atoms with E-state index >= 15 is 0 Å². The van der Waals surface area contributed by atoms with Crippen molar-refractivity contribution >= 4 is 5.91 Å². The number of piperidine rings is 1. The fraction of sp³-hybridized carbons (Fsp3) is 0.409. The molecule has 2 fully saturated rings. The van der Waals surface area contributed by atoms with Gasteiger partial charge < -0.3 is 9.64 Å². The molecule has 2 aliphatic heterocycles. The molecular formula is C22H25NO2. The van der Waals surface area contributed by atoms with Gasteiger partial charge >= 0.3 is 0 Å². The van der Waals surface area contributed by atoms with Crippen LogP contribution in [0, 0.1) is 0 Å². The van der Waals surface area contributed by atoms with Crippen LogP contribution < -0.4 is 0 Å². The van der Waals surface area contributed by atoms with Gasteiger partial charge in [0.2, 0.25) is 5.91 Å². The third kappa shape index (κ3) is 3.21. The van der Waals surface area contributed by atoms with Crippen molar-refractivity contribution in [2.75, 3.05) is 6.61 Å². The summed E-state index contributed by atoms with van der Waals surface area (Å²) in [6.45, 7) is 0.612. The van der Waals surface area contributed by atoms with Gasteiger partial charge in [0.1, 0.15) is 5.72 Å². The molecule has 3 heteroatoms. The lowest BCUT2D eigenvalue weighted by Crippen LogP contribution is -2.52. The first-order valence-corrected chi connectivity index (χ1v) is 9.33. The van der Waals surface area contributed by atoms with Crippen LogP contribution in [0.5, 0.6) is 0 Å². The van der Waals surface area contributed by atoms with Crippen molar-refractivity contribution in [3.8, 4) is 0 Å². The summed E-state index contributed by atoms with van der Waals surface area (Å²) in [4.78, 5) is 14.8. The van der Waals surface area contributed by atoms with Gasteiger partial charge in [0.25, 0.3) is 0 Å². The van der Waals surface area contributed by atoms with Crippen LogP contribution in [0.1, 0.15) is 49.3 Å². The Morgan fingerprint density at radius 3 is 2.52 bits per heavy atom. The molecule has 2 atom stereocenters. The van der Waals surface area contributed by atoms with E-state index in [0.717, 1.165) is 32.1 Å². The second-order valence-corrected chi connectivity index (χ2v) is 7.14. The average molecular weight is 335 g/mol. The minimum atomic E-state index is -0.398. The third-order valence-electron chi connectivity index (χ3n) is 5.55. The van der Waals surface area contributed by atoms with Crippen LogP contribution in [-0.2, 0) is 16.0 Å². The predicted octanol–water partition coefficient (Wildman–Crippen LogP) is 4.49. The van der Waals surface area contributed by atoms with Crippen LogP contribution in [0.15, 0.2) is 60.7 Å². The number of hydrogen-bond acceptors (Lipinski definition) is 2. The highest BCUT2D eigenvalue weighted by Gasteiger charge is 2.51. The molecule has 25 heavy (non-hydrogen) atoms. The van der Waals surface area contributed by atoms with Crippen molar-refractivity contribution in [2.24, 2.45) is 0 Å². The molecule has 2 saturated heterocycles. The predicted molar refractivity (Wildman–Crippen MR) is 97.9 cm³/mol. The summed E-state index contributed by atoms with van der Waals surface area (Å²) >= 11 is 0. The second-order valence-electron chi connectivity index (χ2n) is 7.14. The lowest BCUT2D eigenvalue weighted by molar-refractivity contribution is -0.162. The van der Waals surface area contributed by atoms with Gasteiger partial charge in [0, 0.05) is 6.42 Å². The zero-order chi connectivity index (χ0) is 17.1. The highest BCUT2D eigenvalue weighted by Crippen LogP contribution is 2.46. The van der Waals surface area contributed by atoms with Crippen molar-refractivity contribution in [3.63, 3.8) is 0 Å². The minimum absolute atomic E-state index is 0.0609. The van der Waals surface area contributed by atoms with Gasteiger partial charge in [-0.25, -0.2) is 0 Å². The fourth-order valence-electron chi connectivity index (χ4n) is 4.34. The Bertz CT molecular complexity index is 715. The van der Waals surface area contributed by atoms with Crippen LogP contribution in [-0.4, -0.2) is 23.1 Å². The summed E-state index contributed by atoms with van der Waals surface area (Å²) in [5.74, 6) is 0.248. The van der Waals surface area contributed by atoms with Crippen LogP contribution in [0.25, 0.3) is 0 Å². The molecule has 0 N–H and O–H groups in total. The van der Waals surface area contributed by atoms with Crippen molar-refractivity contribution in [2.45, 2.75) is 50.3 Å². The molecule has 2 aromatic carbocycles. The van der Waals surface area contributed by atoms with Gasteiger partial charge in [-0.15, -0.1) is 0 Å². The number of aryl methyl sites for hydroxylation is 1. The Morgan fingerprint density at radius 1 is 1.04 bits per heavy atom. The van der Waals surface area contributed by atoms with E-state index in [4.69, 9.17) is 4.74 Å². The Balaban J connectivity index is 1.51. The number of carbonyl (C=O) groups is 1. The molecule has 0 spiro atoms. The smallest absolute Gasteiger partial charge is 0.225 e. The topological polar surface area (TPSA) is 29.5 Å². The van der Waals surface area contributed by atoms with E-state index in [1.807, 2.05) is 24.3 Å². The number of ether oxygens (including phenoxy) is 1. The minimum Gasteiger partial charge on any atom is -0.353 e. The molecular weight excluding hydrogens is 310 g/mol. The molecule has 2 heterocycles. The number of amides is 1. The van der Waals surface area contributed by atoms with Crippen molar-refractivity contribution in [1.29, 1.82) is 0 Å². The zero-order valence-corrected chi connectivity index (χ0v) is 14.6. The Morgan fingerprint density at radius 2 is 1.76 bits per heavy atom. The first-order chi connectivity index (χ1) is 12.3. The fourth-order valence-corrected chi connectivity index (χ4v) is 4.34. The van der Waals surface area contributed by atoms with Crippen LogP contribution in [0.2, 0.25) is 0 Å². The molecule has 130 valence electrons. The van der Waals surface area contributed by atoms with Gasteiger partial charge in [-0.2, -0.15) is 0 Å². The van der Waals surface area contributed by atoms with Crippen molar-refractivity contribution < 1.29 is 9.53 Å².